The molecule has 0 saturated carbocycles. The van der Waals surface area contributed by atoms with Crippen molar-refractivity contribution in [2.75, 3.05) is 7.05 Å². The maximum absolute atomic E-state index is 4.54. The minimum atomic E-state index is 0.321. The third-order valence-corrected chi connectivity index (χ3v) is 1.84. The maximum Gasteiger partial charge on any atom is 0.0858 e. The van der Waals surface area contributed by atoms with Crippen LogP contribution in [0.2, 0.25) is 0 Å². The number of allylic oxidation sites excluding steroid dienone is 4. The van der Waals surface area contributed by atoms with Crippen molar-refractivity contribution in [3.05, 3.63) is 23.8 Å². The molecule has 0 N–H and O–H groups in total. The summed E-state index contributed by atoms with van der Waals surface area (Å²) < 4.78 is 0. The Hall–Kier alpha value is -1.18. The Morgan fingerprint density at radius 1 is 1.31 bits per heavy atom. The molecule has 0 heterocycles. The quantitative estimate of drug-likeness (QED) is 0.548. The second-order valence-corrected chi connectivity index (χ2v) is 3.39. The van der Waals surface area contributed by atoms with Crippen LogP contribution in [0.4, 0.5) is 0 Å². The highest BCUT2D eigenvalue weighted by atomic mass is 14.8. The van der Waals surface area contributed by atoms with Crippen LogP contribution in [0.25, 0.3) is 0 Å². The summed E-state index contributed by atoms with van der Waals surface area (Å²) in [5.41, 5.74) is 3.20. The number of hydrogen-bond acceptors (Lipinski definition) is 2. The van der Waals surface area contributed by atoms with Crippen molar-refractivity contribution in [1.82, 2.24) is 0 Å². The van der Waals surface area contributed by atoms with Gasteiger partial charge in [-0.2, -0.15) is 0 Å². The summed E-state index contributed by atoms with van der Waals surface area (Å²) in [6, 6.07) is 0.321. The molecular weight excluding hydrogens is 160 g/mol. The molecule has 0 spiro atoms. The van der Waals surface area contributed by atoms with Gasteiger partial charge in [-0.15, -0.1) is 0 Å². The highest BCUT2D eigenvalue weighted by Crippen LogP contribution is 2.08. The van der Waals surface area contributed by atoms with Crippen LogP contribution in [-0.2, 0) is 0 Å². The second kappa shape index (κ2) is 4.17. The molecule has 0 fully saturated rings. The minimum Gasteiger partial charge on any atom is -0.286 e. The zero-order chi connectivity index (χ0) is 9.84. The summed E-state index contributed by atoms with van der Waals surface area (Å²) in [5, 5.41) is 0. The first-order chi connectivity index (χ1) is 6.15. The molecule has 0 saturated heterocycles. The van der Waals surface area contributed by atoms with Gasteiger partial charge in [0, 0.05) is 13.1 Å². The van der Waals surface area contributed by atoms with Gasteiger partial charge in [-0.25, -0.2) is 0 Å². The number of nitrogens with zero attached hydrogens (tertiary/aromatic N) is 2. The fourth-order valence-electron chi connectivity index (χ4n) is 1.25. The zero-order valence-electron chi connectivity index (χ0n) is 8.70. The Kier molecular flexibility index (Phi) is 3.18. The van der Waals surface area contributed by atoms with Gasteiger partial charge in [-0.05, 0) is 32.4 Å². The summed E-state index contributed by atoms with van der Waals surface area (Å²) in [7, 11) is 1.80. The molecule has 0 aromatic carbocycles. The van der Waals surface area contributed by atoms with Crippen LogP contribution in [-0.4, -0.2) is 24.5 Å². The Morgan fingerprint density at radius 2 is 2.00 bits per heavy atom. The molecule has 13 heavy (non-hydrogen) atoms. The molecule has 1 rings (SSSR count). The summed E-state index contributed by atoms with van der Waals surface area (Å²) >= 11 is 0. The SMILES string of the molecule is CN=C1C=CC=C(C)C1=NC(C)C. The summed E-state index contributed by atoms with van der Waals surface area (Å²) in [5.74, 6) is 0. The van der Waals surface area contributed by atoms with E-state index in [1.165, 1.54) is 5.57 Å². The smallest absolute Gasteiger partial charge is 0.0858 e. The summed E-state index contributed by atoms with van der Waals surface area (Å²) in [6.07, 6.45) is 6.07. The molecule has 1 aliphatic carbocycles. The van der Waals surface area contributed by atoms with Gasteiger partial charge >= 0.3 is 0 Å². The fraction of sp³-hybridized carbons (Fsp3) is 0.455. The van der Waals surface area contributed by atoms with Gasteiger partial charge in [0.1, 0.15) is 0 Å². The van der Waals surface area contributed by atoms with E-state index in [0.717, 1.165) is 11.4 Å². The lowest BCUT2D eigenvalue weighted by atomic mass is 10.0. The first kappa shape index (κ1) is 9.90. The third-order valence-electron chi connectivity index (χ3n) is 1.84. The number of rotatable bonds is 1. The molecule has 1 aliphatic rings. The molecule has 0 radical (unpaired) electrons. The summed E-state index contributed by atoms with van der Waals surface area (Å²) in [6.45, 7) is 6.22. The van der Waals surface area contributed by atoms with Crippen molar-refractivity contribution in [2.24, 2.45) is 9.98 Å². The zero-order valence-corrected chi connectivity index (χ0v) is 8.70. The van der Waals surface area contributed by atoms with E-state index in [0.29, 0.717) is 6.04 Å². The van der Waals surface area contributed by atoms with Crippen LogP contribution in [0.15, 0.2) is 33.8 Å². The molecule has 0 amide bonds. The average Bonchev–Trinajstić information content (AvgIpc) is 2.08. The highest BCUT2D eigenvalue weighted by molar-refractivity contribution is 6.52. The van der Waals surface area contributed by atoms with Crippen molar-refractivity contribution in [1.29, 1.82) is 0 Å². The lowest BCUT2D eigenvalue weighted by Crippen LogP contribution is -2.17. The Balaban J connectivity index is 3.05. The molecule has 70 valence electrons. The van der Waals surface area contributed by atoms with Crippen molar-refractivity contribution >= 4 is 11.4 Å². The normalized spacial score (nSPS) is 23.0. The summed E-state index contributed by atoms with van der Waals surface area (Å²) in [4.78, 5) is 8.73. The molecule has 0 aromatic heterocycles. The number of aliphatic imine (C=N–C) groups is 2. The van der Waals surface area contributed by atoms with Crippen LogP contribution >= 0.6 is 0 Å². The molecule has 0 aromatic rings. The van der Waals surface area contributed by atoms with Gasteiger partial charge in [0.05, 0.1) is 11.4 Å². The van der Waals surface area contributed by atoms with Crippen LogP contribution in [0.5, 0.6) is 0 Å². The van der Waals surface area contributed by atoms with E-state index in [1.807, 2.05) is 12.2 Å². The van der Waals surface area contributed by atoms with Gasteiger partial charge in [0.25, 0.3) is 0 Å². The highest BCUT2D eigenvalue weighted by Gasteiger charge is 2.10. The standard InChI is InChI=1S/C11H16N2/c1-8(2)13-11-9(3)6-5-7-10(11)12-4/h5-8H,1-4H3. The van der Waals surface area contributed by atoms with Gasteiger partial charge in [-0.1, -0.05) is 12.2 Å². The topological polar surface area (TPSA) is 24.7 Å². The predicted octanol–water partition coefficient (Wildman–Crippen LogP) is 2.42. The van der Waals surface area contributed by atoms with E-state index in [-0.39, 0.29) is 0 Å². The first-order valence-electron chi connectivity index (χ1n) is 4.55. The van der Waals surface area contributed by atoms with E-state index in [9.17, 15) is 0 Å². The maximum atomic E-state index is 4.54. The van der Waals surface area contributed by atoms with Crippen molar-refractivity contribution in [3.8, 4) is 0 Å². The van der Waals surface area contributed by atoms with E-state index in [1.54, 1.807) is 7.05 Å². The molecule has 2 heteroatoms. The van der Waals surface area contributed by atoms with Gasteiger partial charge in [0.2, 0.25) is 0 Å². The van der Waals surface area contributed by atoms with Gasteiger partial charge in [0.15, 0.2) is 0 Å². The Morgan fingerprint density at radius 3 is 2.54 bits per heavy atom. The lowest BCUT2D eigenvalue weighted by molar-refractivity contribution is 0.838. The predicted molar refractivity (Wildman–Crippen MR) is 58.8 cm³/mol. The monoisotopic (exact) mass is 176 g/mol. The van der Waals surface area contributed by atoms with Crippen LogP contribution in [0.3, 0.4) is 0 Å². The molecule has 2 nitrogen and oxygen atoms in total. The van der Waals surface area contributed by atoms with E-state index < -0.39 is 0 Å². The minimum absolute atomic E-state index is 0.321. The van der Waals surface area contributed by atoms with Crippen LogP contribution < -0.4 is 0 Å². The Bertz CT molecular complexity index is 304. The Labute approximate surface area is 79.8 Å². The van der Waals surface area contributed by atoms with Gasteiger partial charge in [-0.3, -0.25) is 9.98 Å². The second-order valence-electron chi connectivity index (χ2n) is 3.39. The molecule has 0 unspecified atom stereocenters. The lowest BCUT2D eigenvalue weighted by Gasteiger charge is -2.11. The molecule has 0 bridgehead atoms. The van der Waals surface area contributed by atoms with Crippen molar-refractivity contribution in [3.63, 3.8) is 0 Å². The van der Waals surface area contributed by atoms with Crippen LogP contribution in [0.1, 0.15) is 20.8 Å². The van der Waals surface area contributed by atoms with Gasteiger partial charge < -0.3 is 0 Å². The fourth-order valence-corrected chi connectivity index (χ4v) is 1.25. The van der Waals surface area contributed by atoms with E-state index in [2.05, 4.69) is 36.8 Å². The van der Waals surface area contributed by atoms with Crippen molar-refractivity contribution in [2.45, 2.75) is 26.8 Å². The molecule has 0 atom stereocenters. The molecule has 0 aliphatic heterocycles. The first-order valence-corrected chi connectivity index (χ1v) is 4.55. The van der Waals surface area contributed by atoms with E-state index in [4.69, 9.17) is 0 Å². The van der Waals surface area contributed by atoms with Crippen molar-refractivity contribution < 1.29 is 0 Å². The third kappa shape index (κ3) is 2.38. The number of hydrogen-bond donors (Lipinski definition) is 0. The average molecular weight is 176 g/mol. The largest absolute Gasteiger partial charge is 0.286 e. The van der Waals surface area contributed by atoms with Crippen LogP contribution in [0, 0.1) is 0 Å². The van der Waals surface area contributed by atoms with E-state index >= 15 is 0 Å². The molecular formula is C11H16N2.